The summed E-state index contributed by atoms with van der Waals surface area (Å²) in [5, 5.41) is 10.2. The average molecular weight is 351 g/mol. The largest absolute Gasteiger partial charge is 0.352 e. The number of aromatic nitrogens is 2. The Hall–Kier alpha value is -1.92. The summed E-state index contributed by atoms with van der Waals surface area (Å²) < 4.78 is 5.14. The molecule has 130 valence electrons. The van der Waals surface area contributed by atoms with Gasteiger partial charge in [0.15, 0.2) is 5.82 Å². The van der Waals surface area contributed by atoms with Gasteiger partial charge in [-0.15, -0.1) is 12.4 Å². The van der Waals surface area contributed by atoms with Gasteiger partial charge in [-0.25, -0.2) is 0 Å². The first-order valence-electron chi connectivity index (χ1n) is 8.02. The van der Waals surface area contributed by atoms with Crippen molar-refractivity contribution in [1.82, 2.24) is 20.8 Å². The number of nitrogens with zero attached hydrogens (tertiary/aromatic N) is 2. The number of rotatable bonds is 6. The smallest absolute Gasteiger partial charge is 0.227 e. The first-order chi connectivity index (χ1) is 11.1. The molecule has 0 saturated heterocycles. The second-order valence-electron chi connectivity index (χ2n) is 6.18. The highest BCUT2D eigenvalue weighted by Crippen LogP contribution is 2.17. The molecule has 1 amide bonds. The molecular weight excluding hydrogens is 328 g/mol. The number of nitrogens with one attached hydrogen (secondary N) is 2. The van der Waals surface area contributed by atoms with Crippen LogP contribution in [0.5, 0.6) is 0 Å². The van der Waals surface area contributed by atoms with Crippen molar-refractivity contribution in [2.75, 3.05) is 0 Å². The van der Waals surface area contributed by atoms with Crippen LogP contribution in [-0.4, -0.2) is 16.0 Å². The summed E-state index contributed by atoms with van der Waals surface area (Å²) in [6, 6.07) is 6.35. The Morgan fingerprint density at radius 1 is 1.33 bits per heavy atom. The molecule has 0 unspecified atom stereocenters. The summed E-state index contributed by atoms with van der Waals surface area (Å²) >= 11 is 0. The molecule has 1 aromatic carbocycles. The molecule has 6 nitrogen and oxygen atoms in total. The summed E-state index contributed by atoms with van der Waals surface area (Å²) in [4.78, 5) is 16.2. The van der Waals surface area contributed by atoms with Crippen LogP contribution in [0, 0.1) is 0 Å². The number of amides is 1. The van der Waals surface area contributed by atoms with Gasteiger partial charge in [-0.1, -0.05) is 37.2 Å². The Kier molecular flexibility index (Phi) is 6.34. The molecule has 1 aromatic heterocycles. The van der Waals surface area contributed by atoms with Gasteiger partial charge in [-0.05, 0) is 16.7 Å². The van der Waals surface area contributed by atoms with Crippen LogP contribution in [0.3, 0.4) is 0 Å². The molecule has 0 fully saturated rings. The Labute approximate surface area is 147 Å². The maximum atomic E-state index is 12.0. The minimum Gasteiger partial charge on any atom is -0.352 e. The summed E-state index contributed by atoms with van der Waals surface area (Å²) in [5.41, 5.74) is 3.79. The molecule has 2 aromatic rings. The number of aryl methyl sites for hydroxylation is 1. The van der Waals surface area contributed by atoms with Gasteiger partial charge in [0.25, 0.3) is 0 Å². The van der Waals surface area contributed by atoms with Crippen LogP contribution in [0.1, 0.15) is 54.6 Å². The minimum absolute atomic E-state index is 0. The lowest BCUT2D eigenvalue weighted by Crippen LogP contribution is -2.23. The fourth-order valence-electron chi connectivity index (χ4n) is 2.57. The molecule has 0 aliphatic carbocycles. The molecule has 7 heteroatoms. The molecule has 0 bridgehead atoms. The number of hydrogen-bond acceptors (Lipinski definition) is 5. The molecule has 2 N–H and O–H groups in total. The lowest BCUT2D eigenvalue weighted by molar-refractivity contribution is -0.121. The van der Waals surface area contributed by atoms with Crippen molar-refractivity contribution in [2.24, 2.45) is 0 Å². The van der Waals surface area contributed by atoms with Crippen molar-refractivity contribution in [2.45, 2.75) is 52.2 Å². The first-order valence-corrected chi connectivity index (χ1v) is 8.02. The van der Waals surface area contributed by atoms with E-state index in [4.69, 9.17) is 4.52 Å². The summed E-state index contributed by atoms with van der Waals surface area (Å²) in [6.45, 7) is 6.41. The highest BCUT2D eigenvalue weighted by molar-refractivity contribution is 5.85. The summed E-state index contributed by atoms with van der Waals surface area (Å²) in [6.07, 6.45) is 0.825. The lowest BCUT2D eigenvalue weighted by atomic mass is 10.1. The van der Waals surface area contributed by atoms with Gasteiger partial charge in [0.2, 0.25) is 11.8 Å². The molecule has 3 rings (SSSR count). The van der Waals surface area contributed by atoms with Gasteiger partial charge >= 0.3 is 0 Å². The number of carbonyl (C=O) groups is 1. The Balaban J connectivity index is 0.00000208. The third kappa shape index (κ3) is 4.55. The van der Waals surface area contributed by atoms with E-state index in [2.05, 4.69) is 39.0 Å². The maximum Gasteiger partial charge on any atom is 0.227 e. The van der Waals surface area contributed by atoms with Crippen molar-refractivity contribution < 1.29 is 9.32 Å². The van der Waals surface area contributed by atoms with E-state index in [1.54, 1.807) is 0 Å². The normalized spacial score (nSPS) is 12.8. The van der Waals surface area contributed by atoms with Crippen LogP contribution in [0.25, 0.3) is 0 Å². The monoisotopic (exact) mass is 350 g/mol. The van der Waals surface area contributed by atoms with Crippen molar-refractivity contribution in [3.8, 4) is 0 Å². The third-order valence-corrected chi connectivity index (χ3v) is 3.96. The van der Waals surface area contributed by atoms with E-state index in [1.165, 1.54) is 11.1 Å². The van der Waals surface area contributed by atoms with Crippen molar-refractivity contribution in [1.29, 1.82) is 0 Å². The SMILES string of the molecule is CC(C)c1noc(CCC(=O)NCc2ccc3c(c2)CNC3)n1.Cl. The van der Waals surface area contributed by atoms with E-state index in [9.17, 15) is 4.79 Å². The fraction of sp³-hybridized carbons (Fsp3) is 0.471. The molecule has 24 heavy (non-hydrogen) atoms. The predicted molar refractivity (Wildman–Crippen MR) is 92.8 cm³/mol. The van der Waals surface area contributed by atoms with Crippen LogP contribution < -0.4 is 10.6 Å². The number of carbonyl (C=O) groups excluding carboxylic acids is 1. The first kappa shape index (κ1) is 18.4. The van der Waals surface area contributed by atoms with E-state index in [0.717, 1.165) is 18.7 Å². The van der Waals surface area contributed by atoms with Crippen molar-refractivity contribution >= 4 is 18.3 Å². The van der Waals surface area contributed by atoms with Gasteiger partial charge in [0, 0.05) is 38.4 Å². The molecular formula is C17H23ClN4O2. The van der Waals surface area contributed by atoms with Gasteiger partial charge < -0.3 is 15.2 Å². The minimum atomic E-state index is -0.00656. The zero-order chi connectivity index (χ0) is 16.2. The van der Waals surface area contributed by atoms with Gasteiger partial charge in [-0.3, -0.25) is 4.79 Å². The van der Waals surface area contributed by atoms with E-state index in [-0.39, 0.29) is 24.2 Å². The molecule has 0 radical (unpaired) electrons. The van der Waals surface area contributed by atoms with Gasteiger partial charge in [0.1, 0.15) is 0 Å². The third-order valence-electron chi connectivity index (χ3n) is 3.96. The molecule has 2 heterocycles. The Morgan fingerprint density at radius 2 is 2.12 bits per heavy atom. The predicted octanol–water partition coefficient (Wildman–Crippen LogP) is 2.47. The highest BCUT2D eigenvalue weighted by Gasteiger charge is 2.12. The van der Waals surface area contributed by atoms with Gasteiger partial charge in [-0.2, -0.15) is 4.98 Å². The number of halogens is 1. The number of fused-ring (bicyclic) bond motifs is 1. The summed E-state index contributed by atoms with van der Waals surface area (Å²) in [5.74, 6) is 1.43. The number of hydrogen-bond donors (Lipinski definition) is 2. The zero-order valence-electron chi connectivity index (χ0n) is 14.0. The fourth-order valence-corrected chi connectivity index (χ4v) is 2.57. The lowest BCUT2D eigenvalue weighted by Gasteiger charge is -2.06. The number of benzene rings is 1. The van der Waals surface area contributed by atoms with Crippen LogP contribution in [0.15, 0.2) is 22.7 Å². The van der Waals surface area contributed by atoms with E-state index in [0.29, 0.717) is 31.1 Å². The molecule has 0 saturated carbocycles. The van der Waals surface area contributed by atoms with Crippen LogP contribution in [-0.2, 0) is 30.8 Å². The van der Waals surface area contributed by atoms with Gasteiger partial charge in [0.05, 0.1) is 0 Å². The van der Waals surface area contributed by atoms with E-state index < -0.39 is 0 Å². The highest BCUT2D eigenvalue weighted by atomic mass is 35.5. The second kappa shape index (κ2) is 8.26. The zero-order valence-corrected chi connectivity index (χ0v) is 14.8. The maximum absolute atomic E-state index is 12.0. The van der Waals surface area contributed by atoms with Crippen LogP contribution in [0.2, 0.25) is 0 Å². The standard InChI is InChI=1S/C17H22N4O2.ClH/c1-11(2)17-20-16(23-21-17)6-5-15(22)19-8-12-3-4-13-9-18-10-14(13)7-12;/h3-4,7,11,18H,5-6,8-10H2,1-2H3,(H,19,22);1H. The Morgan fingerprint density at radius 3 is 2.88 bits per heavy atom. The van der Waals surface area contributed by atoms with Crippen LogP contribution >= 0.6 is 12.4 Å². The Bertz CT molecular complexity index is 700. The molecule has 1 aliphatic heterocycles. The molecule has 0 spiro atoms. The molecule has 1 aliphatic rings. The van der Waals surface area contributed by atoms with Crippen molar-refractivity contribution in [3.63, 3.8) is 0 Å². The molecule has 0 atom stereocenters. The topological polar surface area (TPSA) is 80.0 Å². The quantitative estimate of drug-likeness (QED) is 0.836. The summed E-state index contributed by atoms with van der Waals surface area (Å²) in [7, 11) is 0. The second-order valence-corrected chi connectivity index (χ2v) is 6.18. The van der Waals surface area contributed by atoms with Crippen LogP contribution in [0.4, 0.5) is 0 Å². The van der Waals surface area contributed by atoms with E-state index >= 15 is 0 Å². The average Bonchev–Trinajstić information content (AvgIpc) is 3.19. The van der Waals surface area contributed by atoms with E-state index in [1.807, 2.05) is 13.8 Å². The van der Waals surface area contributed by atoms with Crippen molar-refractivity contribution in [3.05, 3.63) is 46.6 Å².